The molecule has 1 aliphatic heterocycles. The minimum Gasteiger partial charge on any atom is -0.376 e. The molecule has 170 valence electrons. The molecular weight excluding hydrogens is 467 g/mol. The predicted molar refractivity (Wildman–Crippen MR) is 116 cm³/mol. The summed E-state index contributed by atoms with van der Waals surface area (Å²) in [6.07, 6.45) is 0.895. The highest BCUT2D eigenvalue weighted by Crippen LogP contribution is 2.31. The van der Waals surface area contributed by atoms with Crippen LogP contribution >= 0.6 is 11.6 Å². The lowest BCUT2D eigenvalue weighted by molar-refractivity contribution is -0.0342. The SMILES string of the molecule is CC1CN(C(CNS(=O)(=O)c2cccc(S(C)(=O)=O)c2)c2c(F)cccc2Cl)CCO1. The van der Waals surface area contributed by atoms with Crippen molar-refractivity contribution in [3.63, 3.8) is 0 Å². The van der Waals surface area contributed by atoms with Crippen LogP contribution in [0.2, 0.25) is 5.02 Å². The van der Waals surface area contributed by atoms with E-state index in [9.17, 15) is 21.2 Å². The third-order valence-electron chi connectivity index (χ3n) is 5.06. The van der Waals surface area contributed by atoms with Crippen LogP contribution in [0.5, 0.6) is 0 Å². The van der Waals surface area contributed by atoms with E-state index in [2.05, 4.69) is 4.72 Å². The molecule has 0 radical (unpaired) electrons. The van der Waals surface area contributed by atoms with Gasteiger partial charge in [0.15, 0.2) is 9.84 Å². The Morgan fingerprint density at radius 2 is 1.87 bits per heavy atom. The van der Waals surface area contributed by atoms with E-state index in [1.807, 2.05) is 11.8 Å². The first-order valence-corrected chi connectivity index (χ1v) is 13.3. The molecule has 1 N–H and O–H groups in total. The zero-order valence-electron chi connectivity index (χ0n) is 17.1. The van der Waals surface area contributed by atoms with Crippen molar-refractivity contribution < 1.29 is 26.0 Å². The summed E-state index contributed by atoms with van der Waals surface area (Å²) in [5.41, 5.74) is 0.200. The van der Waals surface area contributed by atoms with E-state index in [-0.39, 0.29) is 33.0 Å². The van der Waals surface area contributed by atoms with Crippen molar-refractivity contribution in [3.8, 4) is 0 Å². The molecule has 2 aromatic carbocycles. The van der Waals surface area contributed by atoms with Crippen molar-refractivity contribution in [2.75, 3.05) is 32.5 Å². The number of halogens is 2. The first kappa shape index (κ1) is 24.1. The molecule has 0 amide bonds. The lowest BCUT2D eigenvalue weighted by Gasteiger charge is -2.38. The number of rotatable bonds is 7. The van der Waals surface area contributed by atoms with Crippen molar-refractivity contribution >= 4 is 31.5 Å². The van der Waals surface area contributed by atoms with Crippen molar-refractivity contribution in [1.82, 2.24) is 9.62 Å². The van der Waals surface area contributed by atoms with Crippen LogP contribution in [0.15, 0.2) is 52.3 Å². The molecular formula is C20H24ClFN2O5S2. The van der Waals surface area contributed by atoms with Gasteiger partial charge in [0, 0.05) is 36.5 Å². The minimum atomic E-state index is -4.06. The number of hydrogen-bond acceptors (Lipinski definition) is 6. The second-order valence-electron chi connectivity index (χ2n) is 7.43. The zero-order valence-corrected chi connectivity index (χ0v) is 19.5. The summed E-state index contributed by atoms with van der Waals surface area (Å²) < 4.78 is 72.1. The quantitative estimate of drug-likeness (QED) is 0.641. The van der Waals surface area contributed by atoms with Gasteiger partial charge in [-0.1, -0.05) is 23.7 Å². The molecule has 0 bridgehead atoms. The Balaban J connectivity index is 1.92. The third kappa shape index (κ3) is 5.82. The van der Waals surface area contributed by atoms with E-state index >= 15 is 0 Å². The van der Waals surface area contributed by atoms with E-state index in [0.29, 0.717) is 19.7 Å². The second kappa shape index (κ2) is 9.51. The van der Waals surface area contributed by atoms with Crippen LogP contribution in [0.3, 0.4) is 0 Å². The van der Waals surface area contributed by atoms with Crippen LogP contribution < -0.4 is 4.72 Å². The van der Waals surface area contributed by atoms with Crippen LogP contribution in [0.4, 0.5) is 4.39 Å². The number of nitrogens with zero attached hydrogens (tertiary/aromatic N) is 1. The first-order chi connectivity index (χ1) is 14.5. The Labute approximate surface area is 187 Å². The third-order valence-corrected chi connectivity index (χ3v) is 7.92. The van der Waals surface area contributed by atoms with Crippen LogP contribution in [-0.4, -0.2) is 60.3 Å². The van der Waals surface area contributed by atoms with E-state index in [1.54, 1.807) is 6.07 Å². The van der Waals surface area contributed by atoms with Crippen LogP contribution in [0.1, 0.15) is 18.5 Å². The summed E-state index contributed by atoms with van der Waals surface area (Å²) in [5.74, 6) is -0.532. The monoisotopic (exact) mass is 490 g/mol. The molecule has 0 saturated carbocycles. The van der Waals surface area contributed by atoms with Gasteiger partial charge < -0.3 is 4.74 Å². The van der Waals surface area contributed by atoms with Crippen LogP contribution in [-0.2, 0) is 24.6 Å². The van der Waals surface area contributed by atoms with Gasteiger partial charge in [0.05, 0.1) is 28.5 Å². The molecule has 1 aliphatic rings. The van der Waals surface area contributed by atoms with E-state index in [0.717, 1.165) is 12.3 Å². The summed E-state index contributed by atoms with van der Waals surface area (Å²) >= 11 is 6.28. The summed E-state index contributed by atoms with van der Waals surface area (Å²) in [7, 11) is -7.64. The first-order valence-electron chi connectivity index (χ1n) is 9.58. The number of sulfone groups is 1. The van der Waals surface area contributed by atoms with Gasteiger partial charge in [0.1, 0.15) is 5.82 Å². The molecule has 0 aliphatic carbocycles. The van der Waals surface area contributed by atoms with Crippen LogP contribution in [0.25, 0.3) is 0 Å². The van der Waals surface area contributed by atoms with Crippen molar-refractivity contribution in [1.29, 1.82) is 0 Å². The standard InChI is InChI=1S/C20H24ClFN2O5S2/c1-14-13-24(9-10-29-14)19(20-17(21)7-4-8-18(20)22)12-23-31(27,28)16-6-3-5-15(11-16)30(2,25)26/h3-8,11,14,19,23H,9-10,12-13H2,1-2H3. The molecule has 11 heteroatoms. The Bertz CT molecular complexity index is 1140. The highest BCUT2D eigenvalue weighted by molar-refractivity contribution is 7.91. The maximum absolute atomic E-state index is 14.7. The van der Waals surface area contributed by atoms with Gasteiger partial charge in [-0.25, -0.2) is 25.9 Å². The molecule has 31 heavy (non-hydrogen) atoms. The average Bonchev–Trinajstić information content (AvgIpc) is 2.69. The molecule has 1 saturated heterocycles. The van der Waals surface area contributed by atoms with E-state index in [4.69, 9.17) is 16.3 Å². The highest BCUT2D eigenvalue weighted by Gasteiger charge is 2.30. The van der Waals surface area contributed by atoms with Crippen molar-refractivity contribution in [2.24, 2.45) is 0 Å². The van der Waals surface area contributed by atoms with E-state index in [1.165, 1.54) is 30.3 Å². The molecule has 2 atom stereocenters. The fourth-order valence-corrected chi connectivity index (χ4v) is 5.63. The Kier molecular flexibility index (Phi) is 7.39. The summed E-state index contributed by atoms with van der Waals surface area (Å²) in [6.45, 7) is 3.10. The largest absolute Gasteiger partial charge is 0.376 e. The molecule has 7 nitrogen and oxygen atoms in total. The van der Waals surface area contributed by atoms with Gasteiger partial charge in [-0.05, 0) is 37.3 Å². The molecule has 2 unspecified atom stereocenters. The molecule has 1 fully saturated rings. The predicted octanol–water partition coefficient (Wildman–Crippen LogP) is 2.62. The van der Waals surface area contributed by atoms with E-state index < -0.39 is 31.7 Å². The molecule has 3 rings (SSSR count). The van der Waals surface area contributed by atoms with Gasteiger partial charge in [-0.2, -0.15) is 0 Å². The van der Waals surface area contributed by atoms with Crippen LogP contribution in [0, 0.1) is 5.82 Å². The molecule has 0 aromatic heterocycles. The lowest BCUT2D eigenvalue weighted by atomic mass is 10.0. The minimum absolute atomic E-state index is 0.105. The highest BCUT2D eigenvalue weighted by atomic mass is 35.5. The Morgan fingerprint density at radius 1 is 1.19 bits per heavy atom. The normalized spacial score (nSPS) is 19.3. The number of benzene rings is 2. The second-order valence-corrected chi connectivity index (χ2v) is 11.6. The zero-order chi connectivity index (χ0) is 22.8. The number of nitrogens with one attached hydrogen (secondary N) is 1. The molecule has 1 heterocycles. The fourth-order valence-electron chi connectivity index (χ4n) is 3.52. The average molecular weight is 491 g/mol. The van der Waals surface area contributed by atoms with Gasteiger partial charge in [-0.3, -0.25) is 4.90 Å². The summed E-state index contributed by atoms with van der Waals surface area (Å²) in [5, 5.41) is 0.197. The molecule has 2 aromatic rings. The van der Waals surface area contributed by atoms with Gasteiger partial charge in [-0.15, -0.1) is 0 Å². The summed E-state index contributed by atoms with van der Waals surface area (Å²) in [4.78, 5) is 1.63. The smallest absolute Gasteiger partial charge is 0.240 e. The Morgan fingerprint density at radius 3 is 2.52 bits per heavy atom. The number of morpholine rings is 1. The van der Waals surface area contributed by atoms with Gasteiger partial charge in [0.25, 0.3) is 0 Å². The fraction of sp³-hybridized carbons (Fsp3) is 0.400. The maximum atomic E-state index is 14.7. The maximum Gasteiger partial charge on any atom is 0.240 e. The topological polar surface area (TPSA) is 92.8 Å². The summed E-state index contributed by atoms with van der Waals surface area (Å²) in [6, 6.07) is 8.74. The Hall–Kier alpha value is -1.56. The van der Waals surface area contributed by atoms with Gasteiger partial charge >= 0.3 is 0 Å². The number of hydrogen-bond donors (Lipinski definition) is 1. The number of sulfonamides is 1. The lowest BCUT2D eigenvalue weighted by Crippen LogP contribution is -2.46. The number of ether oxygens (including phenoxy) is 1. The van der Waals surface area contributed by atoms with Crippen molar-refractivity contribution in [2.45, 2.75) is 28.9 Å². The van der Waals surface area contributed by atoms with Crippen molar-refractivity contribution in [3.05, 3.63) is 58.9 Å². The molecule has 0 spiro atoms. The van der Waals surface area contributed by atoms with Gasteiger partial charge in [0.2, 0.25) is 10.0 Å².